The fourth-order valence-corrected chi connectivity index (χ4v) is 3.54. The smallest absolute Gasteiger partial charge is 0.345 e. The summed E-state index contributed by atoms with van der Waals surface area (Å²) in [6.45, 7) is 1.80. The fraction of sp³-hybridized carbons (Fsp3) is 0.190. The molecule has 6 heteroatoms. The molecule has 1 aromatic heterocycles. The second-order valence-corrected chi connectivity index (χ2v) is 7.31. The van der Waals surface area contributed by atoms with Gasteiger partial charge in [-0.05, 0) is 29.8 Å². The molecule has 1 aliphatic rings. The lowest BCUT2D eigenvalue weighted by molar-refractivity contribution is -0.132. The van der Waals surface area contributed by atoms with E-state index in [1.165, 1.54) is 5.01 Å². The molecule has 0 saturated carbocycles. The highest BCUT2D eigenvalue weighted by Crippen LogP contribution is 2.33. The third-order valence-electron chi connectivity index (χ3n) is 4.68. The molecule has 1 unspecified atom stereocenters. The van der Waals surface area contributed by atoms with E-state index in [1.807, 2.05) is 42.5 Å². The maximum atomic E-state index is 12.5. The molecule has 4 rings (SSSR count). The monoisotopic (exact) mass is 424 g/mol. The van der Waals surface area contributed by atoms with Crippen LogP contribution in [-0.2, 0) is 4.79 Å². The highest BCUT2D eigenvalue weighted by molar-refractivity contribution is 9.10. The molecule has 1 amide bonds. The van der Waals surface area contributed by atoms with Gasteiger partial charge in [0, 0.05) is 22.7 Å². The van der Waals surface area contributed by atoms with Gasteiger partial charge in [0.15, 0.2) is 0 Å². The van der Waals surface area contributed by atoms with E-state index in [9.17, 15) is 9.59 Å². The first-order chi connectivity index (χ1) is 13.1. The van der Waals surface area contributed by atoms with Crippen molar-refractivity contribution in [2.75, 3.05) is 0 Å². The molecule has 2 heterocycles. The summed E-state index contributed by atoms with van der Waals surface area (Å²) in [7, 11) is 0. The summed E-state index contributed by atoms with van der Waals surface area (Å²) in [6.07, 6.45) is 0.812. The van der Waals surface area contributed by atoms with Gasteiger partial charge in [-0.1, -0.05) is 53.2 Å². The van der Waals surface area contributed by atoms with Crippen LogP contribution in [0.15, 0.2) is 73.4 Å². The molecule has 2 aromatic carbocycles. The summed E-state index contributed by atoms with van der Waals surface area (Å²) >= 11 is 3.43. The Balaban J connectivity index is 1.77. The first kappa shape index (κ1) is 17.7. The number of hydrogen-bond donors (Lipinski definition) is 0. The topological polar surface area (TPSA) is 62.9 Å². The van der Waals surface area contributed by atoms with Gasteiger partial charge in [-0.25, -0.2) is 9.80 Å². The molecule has 1 aliphatic heterocycles. The Morgan fingerprint density at radius 1 is 1.22 bits per heavy atom. The minimum Gasteiger partial charge on any atom is -0.422 e. The number of carbonyl (C=O) groups is 1. The molecule has 0 spiro atoms. The van der Waals surface area contributed by atoms with Crippen molar-refractivity contribution in [3.8, 4) is 0 Å². The molecular formula is C21H17BrN2O3. The molecule has 3 aromatic rings. The number of hydrazone groups is 1. The average molecular weight is 425 g/mol. The SMILES string of the molecule is CCC(=O)N1N=C(c2cc3ccccc3oc2=O)CC1c1ccc(Br)cc1. The summed E-state index contributed by atoms with van der Waals surface area (Å²) < 4.78 is 6.40. The van der Waals surface area contributed by atoms with E-state index in [-0.39, 0.29) is 11.9 Å². The zero-order valence-corrected chi connectivity index (χ0v) is 16.3. The number of rotatable bonds is 3. The minimum atomic E-state index is -0.437. The first-order valence-electron chi connectivity index (χ1n) is 8.75. The van der Waals surface area contributed by atoms with Crippen LogP contribution in [0.4, 0.5) is 0 Å². The van der Waals surface area contributed by atoms with Crippen molar-refractivity contribution in [3.05, 3.63) is 80.6 Å². The molecule has 0 saturated heterocycles. The normalized spacial score (nSPS) is 16.6. The second kappa shape index (κ2) is 7.12. The lowest BCUT2D eigenvalue weighted by atomic mass is 9.98. The second-order valence-electron chi connectivity index (χ2n) is 6.40. The van der Waals surface area contributed by atoms with Crippen LogP contribution in [0.1, 0.15) is 36.9 Å². The van der Waals surface area contributed by atoms with Crippen molar-refractivity contribution in [1.29, 1.82) is 0 Å². The van der Waals surface area contributed by atoms with E-state index in [1.54, 1.807) is 19.1 Å². The standard InChI is InChI=1S/C21H17BrN2O3/c1-2-20(25)24-18(13-7-9-15(22)10-8-13)12-17(23-24)16-11-14-5-3-4-6-19(14)27-21(16)26/h3-11,18H,2,12H2,1H3. The van der Waals surface area contributed by atoms with Crippen LogP contribution in [0.5, 0.6) is 0 Å². The Hall–Kier alpha value is -2.73. The number of para-hydroxylation sites is 1. The van der Waals surface area contributed by atoms with E-state index in [2.05, 4.69) is 21.0 Å². The lowest BCUT2D eigenvalue weighted by Gasteiger charge is -2.21. The largest absolute Gasteiger partial charge is 0.422 e. The maximum absolute atomic E-state index is 12.5. The molecule has 0 fully saturated rings. The van der Waals surface area contributed by atoms with Gasteiger partial charge in [0.05, 0.1) is 17.3 Å². The number of amides is 1. The van der Waals surface area contributed by atoms with E-state index in [0.717, 1.165) is 15.4 Å². The first-order valence-corrected chi connectivity index (χ1v) is 9.54. The van der Waals surface area contributed by atoms with Crippen molar-refractivity contribution in [2.45, 2.75) is 25.8 Å². The molecule has 0 aliphatic carbocycles. The maximum Gasteiger partial charge on any atom is 0.345 e. The molecule has 0 bridgehead atoms. The van der Waals surface area contributed by atoms with Crippen molar-refractivity contribution >= 4 is 38.5 Å². The molecule has 0 N–H and O–H groups in total. The van der Waals surface area contributed by atoms with E-state index < -0.39 is 5.63 Å². The summed E-state index contributed by atoms with van der Waals surface area (Å²) in [6, 6.07) is 16.7. The number of nitrogens with zero attached hydrogens (tertiary/aromatic N) is 2. The third-order valence-corrected chi connectivity index (χ3v) is 5.20. The minimum absolute atomic E-state index is 0.0805. The zero-order chi connectivity index (χ0) is 19.0. The molecule has 5 nitrogen and oxygen atoms in total. The predicted octanol–water partition coefficient (Wildman–Crippen LogP) is 4.64. The van der Waals surface area contributed by atoms with Crippen LogP contribution in [-0.4, -0.2) is 16.6 Å². The Morgan fingerprint density at radius 2 is 1.96 bits per heavy atom. The van der Waals surface area contributed by atoms with Gasteiger partial charge in [-0.15, -0.1) is 0 Å². The Bertz CT molecular complexity index is 1100. The summed E-state index contributed by atoms with van der Waals surface area (Å²) in [5.41, 5.74) is 2.05. The molecule has 1 atom stereocenters. The highest BCUT2D eigenvalue weighted by atomic mass is 79.9. The van der Waals surface area contributed by atoms with Crippen LogP contribution in [0.2, 0.25) is 0 Å². The van der Waals surface area contributed by atoms with Crippen molar-refractivity contribution in [3.63, 3.8) is 0 Å². The Labute approximate surface area is 164 Å². The summed E-state index contributed by atoms with van der Waals surface area (Å²) in [4.78, 5) is 24.9. The number of benzene rings is 2. The van der Waals surface area contributed by atoms with Gasteiger partial charge in [-0.2, -0.15) is 5.10 Å². The molecule has 27 heavy (non-hydrogen) atoms. The van der Waals surface area contributed by atoms with Gasteiger partial charge in [0.25, 0.3) is 0 Å². The predicted molar refractivity (Wildman–Crippen MR) is 108 cm³/mol. The molecular weight excluding hydrogens is 408 g/mol. The number of halogens is 1. The highest BCUT2D eigenvalue weighted by Gasteiger charge is 2.33. The Morgan fingerprint density at radius 3 is 2.70 bits per heavy atom. The molecule has 0 radical (unpaired) electrons. The van der Waals surface area contributed by atoms with Gasteiger partial charge >= 0.3 is 5.63 Å². The van der Waals surface area contributed by atoms with Crippen LogP contribution in [0.3, 0.4) is 0 Å². The van der Waals surface area contributed by atoms with Crippen LogP contribution < -0.4 is 5.63 Å². The van der Waals surface area contributed by atoms with Crippen LogP contribution in [0, 0.1) is 0 Å². The average Bonchev–Trinajstić information content (AvgIpc) is 3.12. The van der Waals surface area contributed by atoms with E-state index >= 15 is 0 Å². The van der Waals surface area contributed by atoms with Crippen molar-refractivity contribution in [2.24, 2.45) is 5.10 Å². The Kier molecular flexibility index (Phi) is 4.66. The third kappa shape index (κ3) is 3.32. The van der Waals surface area contributed by atoms with Gasteiger partial charge in [0.1, 0.15) is 5.58 Å². The number of carbonyl (C=O) groups excluding carboxylic acids is 1. The van der Waals surface area contributed by atoms with E-state index in [4.69, 9.17) is 4.42 Å². The van der Waals surface area contributed by atoms with Gasteiger partial charge in [0.2, 0.25) is 5.91 Å². The van der Waals surface area contributed by atoms with Gasteiger partial charge in [-0.3, -0.25) is 4.79 Å². The lowest BCUT2D eigenvalue weighted by Crippen LogP contribution is -2.26. The number of fused-ring (bicyclic) bond motifs is 1. The summed E-state index contributed by atoms with van der Waals surface area (Å²) in [5.74, 6) is -0.0805. The fourth-order valence-electron chi connectivity index (χ4n) is 3.27. The molecule has 136 valence electrons. The van der Waals surface area contributed by atoms with Crippen LogP contribution in [0.25, 0.3) is 11.0 Å². The van der Waals surface area contributed by atoms with Gasteiger partial charge < -0.3 is 4.42 Å². The van der Waals surface area contributed by atoms with Crippen molar-refractivity contribution < 1.29 is 9.21 Å². The summed E-state index contributed by atoms with van der Waals surface area (Å²) in [5, 5.41) is 6.83. The number of hydrogen-bond acceptors (Lipinski definition) is 4. The zero-order valence-electron chi connectivity index (χ0n) is 14.7. The van der Waals surface area contributed by atoms with Crippen LogP contribution >= 0.6 is 15.9 Å². The quantitative estimate of drug-likeness (QED) is 0.575. The van der Waals surface area contributed by atoms with Crippen molar-refractivity contribution in [1.82, 2.24) is 5.01 Å². The van der Waals surface area contributed by atoms with E-state index in [0.29, 0.717) is 29.7 Å².